The highest BCUT2D eigenvalue weighted by Crippen LogP contribution is 2.44. The number of imidazole rings is 1. The van der Waals surface area contributed by atoms with Crippen LogP contribution in [-0.2, 0) is 30.2 Å². The van der Waals surface area contributed by atoms with Gasteiger partial charge in [-0.3, -0.25) is 29.0 Å². The van der Waals surface area contributed by atoms with E-state index in [0.29, 0.717) is 16.8 Å². The molecule has 1 atom stereocenters. The molecule has 0 radical (unpaired) electrons. The van der Waals surface area contributed by atoms with E-state index in [9.17, 15) is 24.5 Å². The normalized spacial score (nSPS) is 15.3. The molecule has 210 valence electrons. The number of dihydropyridines is 1. The van der Waals surface area contributed by atoms with Crippen molar-refractivity contribution >= 4 is 28.4 Å². The van der Waals surface area contributed by atoms with Gasteiger partial charge in [0.15, 0.2) is 11.2 Å². The van der Waals surface area contributed by atoms with E-state index in [-0.39, 0.29) is 30.0 Å². The van der Waals surface area contributed by atoms with Gasteiger partial charge in [0.1, 0.15) is 6.61 Å². The molecule has 13 heteroatoms. The van der Waals surface area contributed by atoms with Crippen molar-refractivity contribution in [3.05, 3.63) is 114 Å². The minimum atomic E-state index is -0.677. The van der Waals surface area contributed by atoms with Gasteiger partial charge in [-0.25, -0.2) is 14.6 Å². The Labute approximate surface area is 233 Å². The van der Waals surface area contributed by atoms with Crippen LogP contribution in [0.4, 0.5) is 5.69 Å². The third kappa shape index (κ3) is 4.81. The third-order valence-corrected chi connectivity index (χ3v) is 7.15. The number of hydrogen-bond donors (Lipinski definition) is 1. The fourth-order valence-electron chi connectivity index (χ4n) is 5.20. The van der Waals surface area contributed by atoms with Gasteiger partial charge in [0.2, 0.25) is 0 Å². The topological polar surface area (TPSA) is 156 Å². The van der Waals surface area contributed by atoms with Crippen molar-refractivity contribution < 1.29 is 14.5 Å². The number of non-ortho nitro benzene ring substituents is 1. The van der Waals surface area contributed by atoms with Crippen LogP contribution in [0.25, 0.3) is 16.7 Å². The van der Waals surface area contributed by atoms with Gasteiger partial charge in [0, 0.05) is 55.9 Å². The summed E-state index contributed by atoms with van der Waals surface area (Å²) in [6.07, 6.45) is 4.73. The van der Waals surface area contributed by atoms with Crippen LogP contribution in [0, 0.1) is 10.1 Å². The molecular formula is C28H27N7O6. The standard InChI is InChI=1S/C28H27N7O6/c1-16-21(19-8-6-10-29-14-19)23(18-7-5-9-20(13-18)35(39)40)22(17(2)31-16)27(37)41-12-11-34-15-30-25-24(34)26(36)33(4)28(38)32(25)3/h5-10,13-15,23,31H,11-12H2,1-4H3. The SMILES string of the molecule is CC1=C(C(=O)OCCn2cnc3c2c(=O)n(C)c(=O)n3C)C(c2cccc([N+](=O)[O-])c2)C(c2cccnc2)=C(C)N1. The van der Waals surface area contributed by atoms with Crippen molar-refractivity contribution in [2.75, 3.05) is 6.61 Å². The monoisotopic (exact) mass is 557 g/mol. The highest BCUT2D eigenvalue weighted by atomic mass is 16.6. The number of allylic oxidation sites excluding steroid dienone is 3. The zero-order valence-electron chi connectivity index (χ0n) is 22.8. The molecule has 1 unspecified atom stereocenters. The minimum absolute atomic E-state index is 0.0976. The van der Waals surface area contributed by atoms with E-state index < -0.39 is 28.1 Å². The van der Waals surface area contributed by atoms with E-state index in [0.717, 1.165) is 21.4 Å². The van der Waals surface area contributed by atoms with Gasteiger partial charge in [0.25, 0.3) is 11.2 Å². The lowest BCUT2D eigenvalue weighted by molar-refractivity contribution is -0.384. The molecule has 0 fully saturated rings. The Morgan fingerprint density at radius 1 is 1.12 bits per heavy atom. The van der Waals surface area contributed by atoms with E-state index >= 15 is 0 Å². The van der Waals surface area contributed by atoms with Crippen molar-refractivity contribution in [1.82, 2.24) is 29.0 Å². The molecule has 1 N–H and O–H groups in total. The first-order chi connectivity index (χ1) is 19.6. The lowest BCUT2D eigenvalue weighted by Crippen LogP contribution is -2.37. The molecule has 1 aliphatic rings. The molecule has 13 nitrogen and oxygen atoms in total. The van der Waals surface area contributed by atoms with Crippen LogP contribution in [0.5, 0.6) is 0 Å². The number of pyridine rings is 1. The Bertz CT molecular complexity index is 1880. The van der Waals surface area contributed by atoms with E-state index in [4.69, 9.17) is 4.74 Å². The summed E-state index contributed by atoms with van der Waals surface area (Å²) in [5, 5.41) is 14.8. The van der Waals surface area contributed by atoms with Crippen LogP contribution in [0.3, 0.4) is 0 Å². The number of aryl methyl sites for hydroxylation is 1. The van der Waals surface area contributed by atoms with Gasteiger partial charge in [0.05, 0.1) is 23.4 Å². The van der Waals surface area contributed by atoms with Crippen LogP contribution >= 0.6 is 0 Å². The first-order valence-electron chi connectivity index (χ1n) is 12.7. The highest BCUT2D eigenvalue weighted by Gasteiger charge is 2.35. The fourth-order valence-corrected chi connectivity index (χ4v) is 5.20. The molecule has 1 aliphatic heterocycles. The molecule has 41 heavy (non-hydrogen) atoms. The third-order valence-electron chi connectivity index (χ3n) is 7.15. The molecule has 4 heterocycles. The zero-order chi connectivity index (χ0) is 29.4. The molecule has 4 aromatic rings. The average molecular weight is 558 g/mol. The second-order valence-electron chi connectivity index (χ2n) is 9.68. The number of aromatic nitrogens is 5. The second kappa shape index (κ2) is 10.7. The van der Waals surface area contributed by atoms with Crippen LogP contribution in [0.1, 0.15) is 30.9 Å². The number of carbonyl (C=O) groups is 1. The lowest BCUT2D eigenvalue weighted by atomic mass is 9.78. The number of nitrogens with one attached hydrogen (secondary N) is 1. The summed E-state index contributed by atoms with van der Waals surface area (Å²) < 4.78 is 9.52. The maximum absolute atomic E-state index is 13.7. The Hall–Kier alpha value is -5.33. The van der Waals surface area contributed by atoms with E-state index in [1.165, 1.54) is 41.7 Å². The van der Waals surface area contributed by atoms with Gasteiger partial charge in [-0.1, -0.05) is 18.2 Å². The maximum atomic E-state index is 13.7. The molecule has 3 aromatic heterocycles. The fraction of sp³-hybridized carbons (Fsp3) is 0.250. The summed E-state index contributed by atoms with van der Waals surface area (Å²) in [6.45, 7) is 3.63. The number of nitro benzene ring substituents is 1. The quantitative estimate of drug-likeness (QED) is 0.205. The number of carbonyl (C=O) groups excluding carboxylic acids is 1. The van der Waals surface area contributed by atoms with Crippen LogP contribution in [-0.4, -0.2) is 41.2 Å². The van der Waals surface area contributed by atoms with Gasteiger partial charge in [-0.15, -0.1) is 0 Å². The van der Waals surface area contributed by atoms with E-state index in [2.05, 4.69) is 15.3 Å². The van der Waals surface area contributed by atoms with Crippen molar-refractivity contribution in [2.45, 2.75) is 26.3 Å². The average Bonchev–Trinajstić information content (AvgIpc) is 3.39. The van der Waals surface area contributed by atoms with Gasteiger partial charge < -0.3 is 14.6 Å². The number of nitrogens with zero attached hydrogens (tertiary/aromatic N) is 6. The predicted molar refractivity (Wildman–Crippen MR) is 150 cm³/mol. The summed E-state index contributed by atoms with van der Waals surface area (Å²) >= 11 is 0. The summed E-state index contributed by atoms with van der Waals surface area (Å²) in [4.78, 5) is 58.2. The van der Waals surface area contributed by atoms with E-state index in [1.807, 2.05) is 13.0 Å². The molecular weight excluding hydrogens is 530 g/mol. The second-order valence-corrected chi connectivity index (χ2v) is 9.68. The summed E-state index contributed by atoms with van der Waals surface area (Å²) in [5.74, 6) is -1.30. The summed E-state index contributed by atoms with van der Waals surface area (Å²) in [6, 6.07) is 9.82. The van der Waals surface area contributed by atoms with Gasteiger partial charge in [-0.05, 0) is 36.6 Å². The Kier molecular flexibility index (Phi) is 7.10. The molecule has 0 aliphatic carbocycles. The number of ether oxygens (including phenoxy) is 1. The Balaban J connectivity index is 1.49. The number of hydrogen-bond acceptors (Lipinski definition) is 9. The summed E-state index contributed by atoms with van der Waals surface area (Å²) in [5.41, 5.74) is 3.00. The zero-order valence-corrected chi connectivity index (χ0v) is 22.8. The van der Waals surface area contributed by atoms with E-state index in [1.54, 1.807) is 37.5 Å². The molecule has 0 bridgehead atoms. The number of fused-ring (bicyclic) bond motifs is 1. The highest BCUT2D eigenvalue weighted by molar-refractivity contribution is 5.97. The van der Waals surface area contributed by atoms with Gasteiger partial charge >= 0.3 is 11.7 Å². The molecule has 0 saturated carbocycles. The Morgan fingerprint density at radius 3 is 2.61 bits per heavy atom. The molecule has 0 amide bonds. The van der Waals surface area contributed by atoms with Gasteiger partial charge in [-0.2, -0.15) is 0 Å². The van der Waals surface area contributed by atoms with Crippen molar-refractivity contribution in [2.24, 2.45) is 14.1 Å². The van der Waals surface area contributed by atoms with Crippen LogP contribution < -0.4 is 16.6 Å². The largest absolute Gasteiger partial charge is 0.460 e. The van der Waals surface area contributed by atoms with Crippen LogP contribution in [0.15, 0.2) is 81.7 Å². The molecule has 0 saturated heterocycles. The van der Waals surface area contributed by atoms with Crippen LogP contribution in [0.2, 0.25) is 0 Å². The lowest BCUT2D eigenvalue weighted by Gasteiger charge is -2.31. The minimum Gasteiger partial charge on any atom is -0.460 e. The summed E-state index contributed by atoms with van der Waals surface area (Å²) in [7, 11) is 2.91. The number of esters is 1. The number of benzene rings is 1. The number of rotatable bonds is 7. The molecule has 0 spiro atoms. The Morgan fingerprint density at radius 2 is 1.90 bits per heavy atom. The smallest absolute Gasteiger partial charge is 0.336 e. The predicted octanol–water partition coefficient (Wildman–Crippen LogP) is 2.37. The van der Waals surface area contributed by atoms with Crippen molar-refractivity contribution in [3.63, 3.8) is 0 Å². The first-order valence-corrected chi connectivity index (χ1v) is 12.7. The maximum Gasteiger partial charge on any atom is 0.336 e. The van der Waals surface area contributed by atoms with Crippen molar-refractivity contribution in [1.29, 1.82) is 0 Å². The number of nitro groups is 1. The van der Waals surface area contributed by atoms with Crippen molar-refractivity contribution in [3.8, 4) is 0 Å². The first kappa shape index (κ1) is 27.2. The molecule has 1 aromatic carbocycles. The molecule has 5 rings (SSSR count).